The Kier molecular flexibility index (Phi) is 6.98. The number of amides is 3. The minimum Gasteiger partial charge on any atom is -0.348 e. The van der Waals surface area contributed by atoms with Crippen molar-refractivity contribution < 1.29 is 14.4 Å². The molecule has 0 saturated heterocycles. The van der Waals surface area contributed by atoms with Crippen LogP contribution in [0, 0.1) is 5.92 Å². The zero-order chi connectivity index (χ0) is 21.5. The number of hydrogen-bond acceptors (Lipinski definition) is 4. The summed E-state index contributed by atoms with van der Waals surface area (Å²) in [5.41, 5.74) is 2.56. The summed E-state index contributed by atoms with van der Waals surface area (Å²) in [6, 6.07) is 17.7. The molecule has 0 saturated carbocycles. The number of anilines is 2. The zero-order valence-electron chi connectivity index (χ0n) is 16.8. The van der Waals surface area contributed by atoms with Gasteiger partial charge in [0.2, 0.25) is 5.91 Å². The molecule has 3 N–H and O–H groups in total. The van der Waals surface area contributed by atoms with Crippen LogP contribution in [0.4, 0.5) is 11.4 Å². The lowest BCUT2D eigenvalue weighted by Crippen LogP contribution is -2.23. The van der Waals surface area contributed by atoms with Crippen LogP contribution in [0.5, 0.6) is 0 Å². The van der Waals surface area contributed by atoms with Crippen LogP contribution in [0.2, 0.25) is 0 Å². The molecule has 0 spiro atoms. The van der Waals surface area contributed by atoms with E-state index >= 15 is 0 Å². The van der Waals surface area contributed by atoms with Gasteiger partial charge >= 0.3 is 0 Å². The number of carbonyl (C=O) groups is 3. The Labute approximate surface area is 179 Å². The Balaban J connectivity index is 1.60. The van der Waals surface area contributed by atoms with Crippen LogP contribution in [0.15, 0.2) is 66.0 Å². The van der Waals surface area contributed by atoms with Crippen molar-refractivity contribution in [2.45, 2.75) is 20.4 Å². The quantitative estimate of drug-likeness (QED) is 0.524. The Morgan fingerprint density at radius 1 is 0.867 bits per heavy atom. The number of benzene rings is 2. The maximum absolute atomic E-state index is 12.5. The molecule has 0 fully saturated rings. The van der Waals surface area contributed by atoms with Crippen LogP contribution in [0.25, 0.3) is 0 Å². The SMILES string of the molecule is CC(C)C(=O)Nc1cccc(CNC(=O)c2cccc(NC(=O)c3cccs3)c2)c1. The molecule has 30 heavy (non-hydrogen) atoms. The summed E-state index contributed by atoms with van der Waals surface area (Å²) >= 11 is 1.36. The maximum atomic E-state index is 12.5. The van der Waals surface area contributed by atoms with Gasteiger partial charge in [-0.05, 0) is 47.3 Å². The molecule has 0 bridgehead atoms. The Morgan fingerprint density at radius 2 is 1.60 bits per heavy atom. The Morgan fingerprint density at radius 3 is 2.30 bits per heavy atom. The third-order valence-electron chi connectivity index (χ3n) is 4.30. The molecule has 154 valence electrons. The van der Waals surface area contributed by atoms with Gasteiger partial charge in [-0.15, -0.1) is 11.3 Å². The monoisotopic (exact) mass is 421 g/mol. The minimum absolute atomic E-state index is 0.0578. The summed E-state index contributed by atoms with van der Waals surface area (Å²) < 4.78 is 0. The van der Waals surface area contributed by atoms with Gasteiger partial charge < -0.3 is 16.0 Å². The predicted octanol–water partition coefficient (Wildman–Crippen LogP) is 4.52. The van der Waals surface area contributed by atoms with Crippen molar-refractivity contribution >= 4 is 40.4 Å². The largest absolute Gasteiger partial charge is 0.348 e. The lowest BCUT2D eigenvalue weighted by Gasteiger charge is -2.11. The van der Waals surface area contributed by atoms with Gasteiger partial charge in [0.25, 0.3) is 11.8 Å². The van der Waals surface area contributed by atoms with Crippen LogP contribution < -0.4 is 16.0 Å². The second-order valence-corrected chi connectivity index (χ2v) is 7.99. The van der Waals surface area contributed by atoms with Crippen LogP contribution in [-0.2, 0) is 11.3 Å². The molecule has 6 nitrogen and oxygen atoms in total. The van der Waals surface area contributed by atoms with Crippen LogP contribution in [-0.4, -0.2) is 17.7 Å². The molecule has 0 aliphatic carbocycles. The van der Waals surface area contributed by atoms with Gasteiger partial charge in [0, 0.05) is 29.4 Å². The van der Waals surface area contributed by atoms with Crippen molar-refractivity contribution in [2.24, 2.45) is 5.92 Å². The van der Waals surface area contributed by atoms with Crippen molar-refractivity contribution in [2.75, 3.05) is 10.6 Å². The molecule has 0 atom stereocenters. The van der Waals surface area contributed by atoms with E-state index in [0.717, 1.165) is 5.56 Å². The molecule has 3 rings (SSSR count). The Hall–Kier alpha value is -3.45. The van der Waals surface area contributed by atoms with E-state index < -0.39 is 0 Å². The van der Waals surface area contributed by atoms with Crippen molar-refractivity contribution in [3.8, 4) is 0 Å². The first-order chi connectivity index (χ1) is 14.4. The lowest BCUT2D eigenvalue weighted by molar-refractivity contribution is -0.118. The molecule has 2 aromatic carbocycles. The Bertz CT molecular complexity index is 1050. The van der Waals surface area contributed by atoms with Crippen molar-refractivity contribution in [3.63, 3.8) is 0 Å². The fraction of sp³-hybridized carbons (Fsp3) is 0.174. The van der Waals surface area contributed by atoms with Gasteiger partial charge in [0.1, 0.15) is 0 Å². The highest BCUT2D eigenvalue weighted by molar-refractivity contribution is 7.12. The summed E-state index contributed by atoms with van der Waals surface area (Å²) in [4.78, 5) is 37.2. The van der Waals surface area contributed by atoms with E-state index in [9.17, 15) is 14.4 Å². The van der Waals surface area contributed by atoms with E-state index in [2.05, 4.69) is 16.0 Å². The number of nitrogens with one attached hydrogen (secondary N) is 3. The molecule has 0 aliphatic heterocycles. The number of hydrogen-bond donors (Lipinski definition) is 3. The van der Waals surface area contributed by atoms with Crippen molar-refractivity contribution in [1.29, 1.82) is 0 Å². The van der Waals surface area contributed by atoms with Gasteiger partial charge in [-0.25, -0.2) is 0 Å². The topological polar surface area (TPSA) is 87.3 Å². The second-order valence-electron chi connectivity index (χ2n) is 7.04. The van der Waals surface area contributed by atoms with E-state index in [4.69, 9.17) is 0 Å². The predicted molar refractivity (Wildman–Crippen MR) is 120 cm³/mol. The zero-order valence-corrected chi connectivity index (χ0v) is 17.6. The highest BCUT2D eigenvalue weighted by atomic mass is 32.1. The average molecular weight is 422 g/mol. The third kappa shape index (κ3) is 5.78. The number of rotatable bonds is 7. The highest BCUT2D eigenvalue weighted by Crippen LogP contribution is 2.16. The molecule has 3 aromatic rings. The molecule has 1 aromatic heterocycles. The summed E-state index contributed by atoms with van der Waals surface area (Å²) in [7, 11) is 0. The molecule has 0 unspecified atom stereocenters. The van der Waals surface area contributed by atoms with Crippen molar-refractivity contribution in [1.82, 2.24) is 5.32 Å². The van der Waals surface area contributed by atoms with E-state index in [1.807, 2.05) is 49.6 Å². The van der Waals surface area contributed by atoms with Gasteiger partial charge in [0.15, 0.2) is 0 Å². The summed E-state index contributed by atoms with van der Waals surface area (Å²) in [6.45, 7) is 3.97. The van der Waals surface area contributed by atoms with Gasteiger partial charge in [-0.2, -0.15) is 0 Å². The second kappa shape index (κ2) is 9.84. The number of carbonyl (C=O) groups excluding carboxylic acids is 3. The highest BCUT2D eigenvalue weighted by Gasteiger charge is 2.11. The van der Waals surface area contributed by atoms with E-state index in [-0.39, 0.29) is 23.6 Å². The van der Waals surface area contributed by atoms with E-state index in [1.165, 1.54) is 11.3 Å². The minimum atomic E-state index is -0.251. The first-order valence-electron chi connectivity index (χ1n) is 9.55. The van der Waals surface area contributed by atoms with Crippen LogP contribution in [0.3, 0.4) is 0 Å². The maximum Gasteiger partial charge on any atom is 0.265 e. The molecule has 0 radical (unpaired) electrons. The van der Waals surface area contributed by atoms with E-state index in [0.29, 0.717) is 28.4 Å². The van der Waals surface area contributed by atoms with Crippen LogP contribution >= 0.6 is 11.3 Å². The number of thiophene rings is 1. The first kappa shape index (κ1) is 21.3. The van der Waals surface area contributed by atoms with E-state index in [1.54, 1.807) is 30.3 Å². The average Bonchev–Trinajstić information content (AvgIpc) is 3.27. The molecule has 1 heterocycles. The normalized spacial score (nSPS) is 10.5. The smallest absolute Gasteiger partial charge is 0.265 e. The molecule has 7 heteroatoms. The standard InChI is InChI=1S/C23H23N3O3S/c1-15(2)21(27)25-18-8-3-6-16(12-18)14-24-22(28)17-7-4-9-19(13-17)26-23(29)20-10-5-11-30-20/h3-13,15H,14H2,1-2H3,(H,24,28)(H,25,27)(H,26,29). The lowest BCUT2D eigenvalue weighted by atomic mass is 10.1. The fourth-order valence-corrected chi connectivity index (χ4v) is 3.29. The molecular weight excluding hydrogens is 398 g/mol. The van der Waals surface area contributed by atoms with Gasteiger partial charge in [-0.3, -0.25) is 14.4 Å². The molecule has 3 amide bonds. The van der Waals surface area contributed by atoms with Gasteiger partial charge in [-0.1, -0.05) is 38.1 Å². The third-order valence-corrected chi connectivity index (χ3v) is 5.17. The summed E-state index contributed by atoms with van der Waals surface area (Å²) in [5.74, 6) is -0.625. The first-order valence-corrected chi connectivity index (χ1v) is 10.4. The fourth-order valence-electron chi connectivity index (χ4n) is 2.67. The van der Waals surface area contributed by atoms with Gasteiger partial charge in [0.05, 0.1) is 4.88 Å². The molecular formula is C23H23N3O3S. The summed E-state index contributed by atoms with van der Waals surface area (Å²) in [6.07, 6.45) is 0. The van der Waals surface area contributed by atoms with Crippen molar-refractivity contribution in [3.05, 3.63) is 82.0 Å². The summed E-state index contributed by atoms with van der Waals surface area (Å²) in [5, 5.41) is 10.3. The molecule has 0 aliphatic rings. The van der Waals surface area contributed by atoms with Crippen LogP contribution in [0.1, 0.15) is 39.4 Å².